The molecule has 1 saturated heterocycles. The average molecular weight is 430 g/mol. The number of methoxy groups -OCH3 is 1. The van der Waals surface area contributed by atoms with Gasteiger partial charge in [-0.25, -0.2) is 4.79 Å². The van der Waals surface area contributed by atoms with E-state index in [-0.39, 0.29) is 36.1 Å². The standard InChI is InChI=1S/C20H28F2N2O6/c1-12(23-19(26)30-20(2,3)4)16-11-24(8-9-28-16)17(25)13-6-7-14(27-5)15(10-13)29-18(21)22/h6-7,10,12,16,18H,8-9,11H2,1-5H3,(H,23,26)/t12-,16+/m1/s1. The van der Waals surface area contributed by atoms with Gasteiger partial charge in [-0.15, -0.1) is 0 Å². The van der Waals surface area contributed by atoms with Gasteiger partial charge in [-0.1, -0.05) is 0 Å². The molecule has 2 amide bonds. The number of nitrogens with one attached hydrogen (secondary N) is 1. The number of benzene rings is 1. The van der Waals surface area contributed by atoms with Gasteiger partial charge in [0, 0.05) is 18.7 Å². The number of hydrogen-bond donors (Lipinski definition) is 1. The van der Waals surface area contributed by atoms with Crippen molar-refractivity contribution in [1.82, 2.24) is 10.2 Å². The second kappa shape index (κ2) is 9.92. The van der Waals surface area contributed by atoms with Gasteiger partial charge in [0.05, 0.1) is 25.9 Å². The molecule has 1 N–H and O–H groups in total. The number of morpholine rings is 1. The molecule has 0 spiro atoms. The van der Waals surface area contributed by atoms with Crippen molar-refractivity contribution in [3.8, 4) is 11.5 Å². The zero-order valence-electron chi connectivity index (χ0n) is 17.7. The van der Waals surface area contributed by atoms with Crippen molar-refractivity contribution in [2.75, 3.05) is 26.8 Å². The van der Waals surface area contributed by atoms with Gasteiger partial charge in [0.25, 0.3) is 5.91 Å². The van der Waals surface area contributed by atoms with Crippen LogP contribution in [0.5, 0.6) is 11.5 Å². The highest BCUT2D eigenvalue weighted by Crippen LogP contribution is 2.30. The molecule has 1 aromatic rings. The Hall–Kier alpha value is -2.62. The molecule has 168 valence electrons. The molecule has 8 nitrogen and oxygen atoms in total. The minimum atomic E-state index is -3.04. The maximum atomic E-state index is 12.9. The summed E-state index contributed by atoms with van der Waals surface area (Å²) in [6, 6.07) is 3.69. The minimum Gasteiger partial charge on any atom is -0.493 e. The number of nitrogens with zero attached hydrogens (tertiary/aromatic N) is 1. The number of hydrogen-bond acceptors (Lipinski definition) is 6. The van der Waals surface area contributed by atoms with Crippen molar-refractivity contribution in [3.63, 3.8) is 0 Å². The monoisotopic (exact) mass is 430 g/mol. The molecule has 30 heavy (non-hydrogen) atoms. The predicted octanol–water partition coefficient (Wildman–Crippen LogP) is 3.05. The number of ether oxygens (including phenoxy) is 4. The molecule has 0 bridgehead atoms. The van der Waals surface area contributed by atoms with E-state index in [9.17, 15) is 18.4 Å². The third-order valence-electron chi connectivity index (χ3n) is 4.31. The van der Waals surface area contributed by atoms with Gasteiger partial charge in [0.2, 0.25) is 0 Å². The molecule has 0 unspecified atom stereocenters. The van der Waals surface area contributed by atoms with Gasteiger partial charge in [-0.05, 0) is 45.9 Å². The fourth-order valence-electron chi connectivity index (χ4n) is 2.93. The van der Waals surface area contributed by atoms with Gasteiger partial charge in [-0.2, -0.15) is 8.78 Å². The summed E-state index contributed by atoms with van der Waals surface area (Å²) in [6.07, 6.45) is -1.03. The maximum absolute atomic E-state index is 12.9. The van der Waals surface area contributed by atoms with Gasteiger partial charge < -0.3 is 29.2 Å². The van der Waals surface area contributed by atoms with E-state index in [4.69, 9.17) is 14.2 Å². The van der Waals surface area contributed by atoms with E-state index in [2.05, 4.69) is 10.1 Å². The molecule has 10 heteroatoms. The first-order valence-corrected chi connectivity index (χ1v) is 9.53. The highest BCUT2D eigenvalue weighted by atomic mass is 19.3. The number of rotatable bonds is 6. The van der Waals surface area contributed by atoms with Gasteiger partial charge in [0.1, 0.15) is 5.60 Å². The van der Waals surface area contributed by atoms with Gasteiger partial charge >= 0.3 is 12.7 Å². The summed E-state index contributed by atoms with van der Waals surface area (Å²) < 4.78 is 45.6. The van der Waals surface area contributed by atoms with Crippen LogP contribution < -0.4 is 14.8 Å². The fourth-order valence-corrected chi connectivity index (χ4v) is 2.93. The topological polar surface area (TPSA) is 86.3 Å². The third kappa shape index (κ3) is 6.72. The number of amides is 2. The average Bonchev–Trinajstić information content (AvgIpc) is 2.65. The lowest BCUT2D eigenvalue weighted by molar-refractivity contribution is -0.0513. The summed E-state index contributed by atoms with van der Waals surface area (Å²) in [6.45, 7) is 4.80. The summed E-state index contributed by atoms with van der Waals surface area (Å²) in [4.78, 5) is 26.4. The summed E-state index contributed by atoms with van der Waals surface area (Å²) in [7, 11) is 1.32. The van der Waals surface area contributed by atoms with Crippen LogP contribution >= 0.6 is 0 Å². The molecule has 1 aliphatic heterocycles. The Bertz CT molecular complexity index is 753. The molecule has 2 atom stereocenters. The van der Waals surface area contributed by atoms with Gasteiger partial charge in [-0.3, -0.25) is 4.79 Å². The smallest absolute Gasteiger partial charge is 0.407 e. The second-order valence-electron chi connectivity index (χ2n) is 7.84. The number of halogens is 2. The van der Waals surface area contributed by atoms with Crippen LogP contribution in [0.2, 0.25) is 0 Å². The zero-order valence-corrected chi connectivity index (χ0v) is 17.7. The third-order valence-corrected chi connectivity index (χ3v) is 4.31. The highest BCUT2D eigenvalue weighted by molar-refractivity contribution is 5.95. The number of carbonyl (C=O) groups excluding carboxylic acids is 2. The molecular weight excluding hydrogens is 402 g/mol. The Balaban J connectivity index is 2.06. The first-order valence-electron chi connectivity index (χ1n) is 9.53. The van der Waals surface area contributed by atoms with Crippen LogP contribution in [0, 0.1) is 0 Å². The summed E-state index contributed by atoms with van der Waals surface area (Å²) in [5, 5.41) is 2.71. The van der Waals surface area contributed by atoms with Crippen LogP contribution in [0.3, 0.4) is 0 Å². The maximum Gasteiger partial charge on any atom is 0.407 e. The Morgan fingerprint density at radius 3 is 2.57 bits per heavy atom. The molecule has 0 saturated carbocycles. The Kier molecular flexibility index (Phi) is 7.83. The highest BCUT2D eigenvalue weighted by Gasteiger charge is 2.31. The quantitative estimate of drug-likeness (QED) is 0.747. The normalized spacial score (nSPS) is 18.0. The molecule has 0 aliphatic carbocycles. The van der Waals surface area contributed by atoms with E-state index in [1.165, 1.54) is 30.2 Å². The minimum absolute atomic E-state index is 0.0990. The number of alkyl carbamates (subject to hydrolysis) is 1. The summed E-state index contributed by atoms with van der Waals surface area (Å²) in [5.74, 6) is -0.487. The predicted molar refractivity (Wildman–Crippen MR) is 104 cm³/mol. The van der Waals surface area contributed by atoms with E-state index < -0.39 is 30.5 Å². The van der Waals surface area contributed by atoms with Crippen LogP contribution in [-0.4, -0.2) is 68.1 Å². The first kappa shape index (κ1) is 23.7. The molecular formula is C20H28F2N2O6. The first-order chi connectivity index (χ1) is 14.0. The molecule has 1 aliphatic rings. The van der Waals surface area contributed by atoms with Crippen molar-refractivity contribution in [3.05, 3.63) is 23.8 Å². The number of carbonyl (C=O) groups is 2. The van der Waals surface area contributed by atoms with Crippen LogP contribution in [0.25, 0.3) is 0 Å². The van der Waals surface area contributed by atoms with Gasteiger partial charge in [0.15, 0.2) is 11.5 Å². The Morgan fingerprint density at radius 1 is 1.27 bits per heavy atom. The summed E-state index contributed by atoms with van der Waals surface area (Å²) in [5.41, 5.74) is -0.453. The van der Waals surface area contributed by atoms with Crippen LogP contribution in [0.4, 0.5) is 13.6 Å². The van der Waals surface area contributed by atoms with E-state index in [0.717, 1.165) is 0 Å². The van der Waals surface area contributed by atoms with Crippen molar-refractivity contribution >= 4 is 12.0 Å². The molecule has 2 rings (SSSR count). The molecule has 0 radical (unpaired) electrons. The SMILES string of the molecule is COc1ccc(C(=O)N2CCO[C@H]([C@@H](C)NC(=O)OC(C)(C)C)C2)cc1OC(F)F. The number of alkyl halides is 2. The van der Waals surface area contributed by atoms with E-state index in [0.29, 0.717) is 6.54 Å². The molecule has 1 fully saturated rings. The van der Waals surface area contributed by atoms with Crippen molar-refractivity contribution < 1.29 is 37.3 Å². The molecule has 1 heterocycles. The lowest BCUT2D eigenvalue weighted by Crippen LogP contribution is -2.54. The van der Waals surface area contributed by atoms with Crippen molar-refractivity contribution in [2.24, 2.45) is 0 Å². The van der Waals surface area contributed by atoms with E-state index in [1.807, 2.05) is 0 Å². The molecule has 1 aromatic carbocycles. The van der Waals surface area contributed by atoms with E-state index >= 15 is 0 Å². The Morgan fingerprint density at radius 2 is 1.97 bits per heavy atom. The second-order valence-corrected chi connectivity index (χ2v) is 7.84. The van der Waals surface area contributed by atoms with Crippen molar-refractivity contribution in [1.29, 1.82) is 0 Å². The largest absolute Gasteiger partial charge is 0.493 e. The Labute approximate surface area is 174 Å². The van der Waals surface area contributed by atoms with Crippen LogP contribution in [0.15, 0.2) is 18.2 Å². The zero-order chi connectivity index (χ0) is 22.5. The van der Waals surface area contributed by atoms with Crippen molar-refractivity contribution in [2.45, 2.75) is 52.1 Å². The summed E-state index contributed by atoms with van der Waals surface area (Å²) >= 11 is 0. The fraction of sp³-hybridized carbons (Fsp3) is 0.600. The van der Waals surface area contributed by atoms with E-state index in [1.54, 1.807) is 27.7 Å². The lowest BCUT2D eigenvalue weighted by atomic mass is 10.1. The van der Waals surface area contributed by atoms with Crippen LogP contribution in [0.1, 0.15) is 38.1 Å². The van der Waals surface area contributed by atoms with Crippen LogP contribution in [-0.2, 0) is 9.47 Å². The molecule has 0 aromatic heterocycles. The lowest BCUT2D eigenvalue weighted by Gasteiger charge is -2.36.